The highest BCUT2D eigenvalue weighted by Crippen LogP contribution is 2.20. The van der Waals surface area contributed by atoms with E-state index in [1.165, 1.54) is 44.5 Å². The topological polar surface area (TPSA) is 52.7 Å². The maximum atomic E-state index is 5.22. The lowest BCUT2D eigenvalue weighted by Gasteiger charge is -2.35. The molecule has 0 spiro atoms. The van der Waals surface area contributed by atoms with Crippen LogP contribution in [0.1, 0.15) is 31.7 Å². The molecule has 0 aromatic carbocycles. The molecule has 2 atom stereocenters. The highest BCUT2D eigenvalue weighted by atomic mass is 16.5. The zero-order valence-electron chi connectivity index (χ0n) is 16.4. The van der Waals surface area contributed by atoms with Gasteiger partial charge in [-0.2, -0.15) is 0 Å². The van der Waals surface area contributed by atoms with Crippen LogP contribution >= 0.6 is 0 Å². The first kappa shape index (κ1) is 19.7. The van der Waals surface area contributed by atoms with Crippen LogP contribution in [-0.4, -0.2) is 73.3 Å². The van der Waals surface area contributed by atoms with E-state index in [0.717, 1.165) is 32.2 Å². The molecule has 0 radical (unpaired) electrons. The lowest BCUT2D eigenvalue weighted by molar-refractivity contribution is 0.103. The molecule has 2 N–H and O–H groups in total. The highest BCUT2D eigenvalue weighted by molar-refractivity contribution is 5.09. The summed E-state index contributed by atoms with van der Waals surface area (Å²) in [5.74, 6) is 0.794. The molecule has 2 aliphatic heterocycles. The second-order valence-corrected chi connectivity index (χ2v) is 7.95. The molecule has 0 bridgehead atoms. The third-order valence-electron chi connectivity index (χ3n) is 5.64. The first-order valence-corrected chi connectivity index (χ1v) is 10.1. The van der Waals surface area contributed by atoms with Crippen LogP contribution in [0.2, 0.25) is 0 Å². The predicted molar refractivity (Wildman–Crippen MR) is 105 cm³/mol. The Kier molecular flexibility index (Phi) is 7.83. The fraction of sp³-hybridized carbons (Fsp3) is 0.750. The van der Waals surface area contributed by atoms with Gasteiger partial charge in [-0.25, -0.2) is 0 Å². The molecule has 26 heavy (non-hydrogen) atoms. The van der Waals surface area contributed by atoms with E-state index < -0.39 is 0 Å². The summed E-state index contributed by atoms with van der Waals surface area (Å²) >= 11 is 0. The number of rotatable bonds is 9. The number of hydrazine groups is 1. The Bertz CT molecular complexity index is 506. The molecular formula is C20H35N5O. The van der Waals surface area contributed by atoms with Gasteiger partial charge in [0.15, 0.2) is 0 Å². The van der Waals surface area contributed by atoms with Crippen molar-refractivity contribution in [2.24, 2.45) is 5.92 Å². The average Bonchev–Trinajstić information content (AvgIpc) is 3.06. The molecule has 0 aliphatic carbocycles. The zero-order valence-corrected chi connectivity index (χ0v) is 16.4. The van der Waals surface area contributed by atoms with E-state index >= 15 is 0 Å². The molecule has 1 aromatic heterocycles. The molecule has 2 aliphatic rings. The zero-order chi connectivity index (χ0) is 18.2. The van der Waals surface area contributed by atoms with E-state index in [2.05, 4.69) is 44.7 Å². The number of nitrogens with zero attached hydrogens (tertiary/aromatic N) is 3. The van der Waals surface area contributed by atoms with Gasteiger partial charge >= 0.3 is 0 Å². The fourth-order valence-electron chi connectivity index (χ4n) is 4.16. The normalized spacial score (nSPS) is 25.2. The van der Waals surface area contributed by atoms with Crippen molar-refractivity contribution in [3.8, 4) is 0 Å². The molecule has 0 amide bonds. The van der Waals surface area contributed by atoms with Gasteiger partial charge in [0, 0.05) is 57.8 Å². The standard InChI is InChI=1S/C20H35N5O/c1-17-13-20(23-22-17)16-25(14-18-3-7-21-8-4-18)15-19-5-9-24(10-6-19)11-12-26-2/h3-4,7-8,17,19-20,22-23H,5-6,9-16H2,1-2H3. The Morgan fingerprint density at radius 1 is 1.19 bits per heavy atom. The number of hydrogen-bond donors (Lipinski definition) is 2. The largest absolute Gasteiger partial charge is 0.383 e. The van der Waals surface area contributed by atoms with Crippen molar-refractivity contribution in [3.63, 3.8) is 0 Å². The molecule has 2 unspecified atom stereocenters. The van der Waals surface area contributed by atoms with Crippen molar-refractivity contribution < 1.29 is 4.74 Å². The maximum Gasteiger partial charge on any atom is 0.0589 e. The van der Waals surface area contributed by atoms with Crippen LogP contribution in [0.25, 0.3) is 0 Å². The Balaban J connectivity index is 1.51. The quantitative estimate of drug-likeness (QED) is 0.695. The van der Waals surface area contributed by atoms with E-state index in [9.17, 15) is 0 Å². The van der Waals surface area contributed by atoms with Crippen LogP contribution in [0.15, 0.2) is 24.5 Å². The number of hydrogen-bond acceptors (Lipinski definition) is 6. The van der Waals surface area contributed by atoms with Gasteiger partial charge in [-0.05, 0) is 62.9 Å². The summed E-state index contributed by atoms with van der Waals surface area (Å²) < 4.78 is 5.22. The van der Waals surface area contributed by atoms with Gasteiger partial charge in [-0.15, -0.1) is 0 Å². The summed E-state index contributed by atoms with van der Waals surface area (Å²) in [6, 6.07) is 5.38. The fourth-order valence-corrected chi connectivity index (χ4v) is 4.16. The van der Waals surface area contributed by atoms with Crippen molar-refractivity contribution in [3.05, 3.63) is 30.1 Å². The number of piperidine rings is 1. The molecule has 6 nitrogen and oxygen atoms in total. The maximum absolute atomic E-state index is 5.22. The third-order valence-corrected chi connectivity index (χ3v) is 5.64. The van der Waals surface area contributed by atoms with Gasteiger partial charge in [0.1, 0.15) is 0 Å². The number of nitrogens with one attached hydrogen (secondary N) is 2. The summed E-state index contributed by atoms with van der Waals surface area (Å²) in [6.07, 6.45) is 7.59. The molecule has 6 heteroatoms. The minimum absolute atomic E-state index is 0.536. The summed E-state index contributed by atoms with van der Waals surface area (Å²) in [4.78, 5) is 9.34. The molecule has 146 valence electrons. The minimum Gasteiger partial charge on any atom is -0.383 e. The molecule has 3 rings (SSSR count). The highest BCUT2D eigenvalue weighted by Gasteiger charge is 2.26. The van der Waals surface area contributed by atoms with E-state index in [1.54, 1.807) is 7.11 Å². The minimum atomic E-state index is 0.536. The van der Waals surface area contributed by atoms with Crippen molar-refractivity contribution in [1.29, 1.82) is 0 Å². The second-order valence-electron chi connectivity index (χ2n) is 7.95. The third kappa shape index (κ3) is 6.28. The summed E-state index contributed by atoms with van der Waals surface area (Å²) in [6.45, 7) is 9.87. The van der Waals surface area contributed by atoms with Crippen LogP contribution in [0.5, 0.6) is 0 Å². The SMILES string of the molecule is COCCN1CCC(CN(Cc2ccncc2)CC2CC(C)NN2)CC1. The molecular weight excluding hydrogens is 326 g/mol. The van der Waals surface area contributed by atoms with Crippen molar-refractivity contribution in [2.45, 2.75) is 44.8 Å². The summed E-state index contributed by atoms with van der Waals surface area (Å²) in [5.41, 5.74) is 8.18. The Morgan fingerprint density at radius 3 is 2.62 bits per heavy atom. The molecule has 2 fully saturated rings. The van der Waals surface area contributed by atoms with E-state index in [0.29, 0.717) is 12.1 Å². The smallest absolute Gasteiger partial charge is 0.0589 e. The van der Waals surface area contributed by atoms with Crippen LogP contribution < -0.4 is 10.9 Å². The summed E-state index contributed by atoms with van der Waals surface area (Å²) in [5, 5.41) is 0. The predicted octanol–water partition coefficient (Wildman–Crippen LogP) is 1.50. The van der Waals surface area contributed by atoms with Gasteiger partial charge in [0.05, 0.1) is 6.61 Å². The van der Waals surface area contributed by atoms with Gasteiger partial charge in [-0.1, -0.05) is 0 Å². The number of ether oxygens (including phenoxy) is 1. The number of likely N-dealkylation sites (tertiary alicyclic amines) is 1. The number of methoxy groups -OCH3 is 1. The lowest BCUT2D eigenvalue weighted by Crippen LogP contribution is -2.44. The van der Waals surface area contributed by atoms with Gasteiger partial charge in [0.25, 0.3) is 0 Å². The van der Waals surface area contributed by atoms with Gasteiger partial charge in [-0.3, -0.25) is 20.7 Å². The first-order chi connectivity index (χ1) is 12.7. The van der Waals surface area contributed by atoms with Crippen LogP contribution in [0.3, 0.4) is 0 Å². The lowest BCUT2D eigenvalue weighted by atomic mass is 9.95. The summed E-state index contributed by atoms with van der Waals surface area (Å²) in [7, 11) is 1.79. The molecule has 1 aromatic rings. The first-order valence-electron chi connectivity index (χ1n) is 10.1. The van der Waals surface area contributed by atoms with E-state index in [4.69, 9.17) is 4.74 Å². The van der Waals surface area contributed by atoms with Gasteiger partial charge in [0.2, 0.25) is 0 Å². The number of aromatic nitrogens is 1. The van der Waals surface area contributed by atoms with Crippen LogP contribution in [-0.2, 0) is 11.3 Å². The Hall–Kier alpha value is -1.05. The molecule has 0 saturated carbocycles. The Labute approximate surface area is 158 Å². The average molecular weight is 362 g/mol. The second kappa shape index (κ2) is 10.3. The van der Waals surface area contributed by atoms with Crippen molar-refractivity contribution in [1.82, 2.24) is 25.6 Å². The molecule has 3 heterocycles. The van der Waals surface area contributed by atoms with Crippen molar-refractivity contribution >= 4 is 0 Å². The van der Waals surface area contributed by atoms with Gasteiger partial charge < -0.3 is 9.64 Å². The van der Waals surface area contributed by atoms with Crippen LogP contribution in [0.4, 0.5) is 0 Å². The van der Waals surface area contributed by atoms with E-state index in [1.807, 2.05) is 12.4 Å². The molecule has 2 saturated heterocycles. The Morgan fingerprint density at radius 2 is 1.96 bits per heavy atom. The number of pyridine rings is 1. The van der Waals surface area contributed by atoms with Crippen molar-refractivity contribution in [2.75, 3.05) is 46.4 Å². The van der Waals surface area contributed by atoms with E-state index in [-0.39, 0.29) is 0 Å². The monoisotopic (exact) mass is 361 g/mol. The van der Waals surface area contributed by atoms with Crippen LogP contribution in [0, 0.1) is 5.92 Å².